The first kappa shape index (κ1) is 12.5. The molecule has 5 heteroatoms. The van der Waals surface area contributed by atoms with Crippen molar-refractivity contribution in [2.24, 2.45) is 5.92 Å². The molecule has 2 N–H and O–H groups in total. The van der Waals surface area contributed by atoms with E-state index in [1.807, 2.05) is 0 Å². The molecule has 1 aromatic rings. The minimum Gasteiger partial charge on any atom is -0.325 e. The SMILES string of the molecule is O=C(CC1CCNC1)Nc1ccc(F)cc1Br. The second-order valence-electron chi connectivity index (χ2n) is 4.24. The normalized spacial score (nSPS) is 19.3. The van der Waals surface area contributed by atoms with Gasteiger partial charge in [-0.3, -0.25) is 4.79 Å². The Bertz CT molecular complexity index is 419. The molecule has 92 valence electrons. The molecule has 17 heavy (non-hydrogen) atoms. The molecule has 1 aromatic carbocycles. The van der Waals surface area contributed by atoms with E-state index in [0.29, 0.717) is 22.5 Å². The van der Waals surface area contributed by atoms with E-state index in [-0.39, 0.29) is 11.7 Å². The van der Waals surface area contributed by atoms with Gasteiger partial charge in [0.15, 0.2) is 0 Å². The maximum Gasteiger partial charge on any atom is 0.224 e. The van der Waals surface area contributed by atoms with Crippen molar-refractivity contribution >= 4 is 27.5 Å². The number of halogens is 2. The first-order valence-corrected chi connectivity index (χ1v) is 6.40. The summed E-state index contributed by atoms with van der Waals surface area (Å²) >= 11 is 3.22. The Hall–Kier alpha value is -0.940. The minimum absolute atomic E-state index is 0.0222. The summed E-state index contributed by atoms with van der Waals surface area (Å²) in [6, 6.07) is 4.23. The number of hydrogen-bond acceptors (Lipinski definition) is 2. The lowest BCUT2D eigenvalue weighted by molar-refractivity contribution is -0.116. The standard InChI is InChI=1S/C12H14BrFN2O/c13-10-6-9(14)1-2-11(10)16-12(17)5-8-3-4-15-7-8/h1-2,6,8,15H,3-5,7H2,(H,16,17). The van der Waals surface area contributed by atoms with Crippen molar-refractivity contribution in [3.05, 3.63) is 28.5 Å². The Labute approximate surface area is 108 Å². The molecule has 0 aromatic heterocycles. The third kappa shape index (κ3) is 3.51. The van der Waals surface area contributed by atoms with Crippen LogP contribution in [0.1, 0.15) is 12.8 Å². The Balaban J connectivity index is 1.93. The minimum atomic E-state index is -0.324. The molecule has 1 aliphatic heterocycles. The van der Waals surface area contributed by atoms with Gasteiger partial charge in [0, 0.05) is 10.9 Å². The average molecular weight is 301 g/mol. The topological polar surface area (TPSA) is 41.1 Å². The Morgan fingerprint density at radius 2 is 2.41 bits per heavy atom. The zero-order valence-corrected chi connectivity index (χ0v) is 10.9. The molecule has 0 saturated carbocycles. The Kier molecular flexibility index (Phi) is 4.12. The average Bonchev–Trinajstić information content (AvgIpc) is 2.75. The summed E-state index contributed by atoms with van der Waals surface area (Å²) in [5, 5.41) is 6.01. The molecule has 0 bridgehead atoms. The number of nitrogens with one attached hydrogen (secondary N) is 2. The van der Waals surface area contributed by atoms with Crippen molar-refractivity contribution in [1.29, 1.82) is 0 Å². The van der Waals surface area contributed by atoms with Gasteiger partial charge in [-0.2, -0.15) is 0 Å². The fourth-order valence-electron chi connectivity index (χ4n) is 1.94. The highest BCUT2D eigenvalue weighted by Crippen LogP contribution is 2.23. The summed E-state index contributed by atoms with van der Waals surface area (Å²) in [7, 11) is 0. The zero-order chi connectivity index (χ0) is 12.3. The van der Waals surface area contributed by atoms with Crippen LogP contribution in [0.25, 0.3) is 0 Å². The number of hydrogen-bond donors (Lipinski definition) is 2. The van der Waals surface area contributed by atoms with E-state index >= 15 is 0 Å². The molecule has 0 radical (unpaired) electrons. The molecule has 3 nitrogen and oxygen atoms in total. The molecule has 0 aliphatic carbocycles. The summed E-state index contributed by atoms with van der Waals surface area (Å²) in [5.74, 6) is 0.0649. The van der Waals surface area contributed by atoms with Crippen LogP contribution in [-0.2, 0) is 4.79 Å². The van der Waals surface area contributed by atoms with Crippen LogP contribution in [-0.4, -0.2) is 19.0 Å². The summed E-state index contributed by atoms with van der Waals surface area (Å²) in [6.45, 7) is 1.89. The first-order chi connectivity index (χ1) is 8.15. The third-order valence-corrected chi connectivity index (χ3v) is 3.50. The van der Waals surface area contributed by atoms with Crippen LogP contribution in [0.4, 0.5) is 10.1 Å². The summed E-state index contributed by atoms with van der Waals surface area (Å²) in [6.07, 6.45) is 1.55. The predicted molar refractivity (Wildman–Crippen MR) is 68.3 cm³/mol. The Morgan fingerprint density at radius 3 is 3.06 bits per heavy atom. The molecular weight excluding hydrogens is 287 g/mol. The number of anilines is 1. The first-order valence-electron chi connectivity index (χ1n) is 5.61. The highest BCUT2D eigenvalue weighted by Gasteiger charge is 2.18. The van der Waals surface area contributed by atoms with Gasteiger partial charge < -0.3 is 10.6 Å². The van der Waals surface area contributed by atoms with Crippen LogP contribution >= 0.6 is 15.9 Å². The number of carbonyl (C=O) groups is 1. The van der Waals surface area contributed by atoms with Gasteiger partial charge in [-0.15, -0.1) is 0 Å². The monoisotopic (exact) mass is 300 g/mol. The molecule has 1 unspecified atom stereocenters. The van der Waals surface area contributed by atoms with E-state index in [4.69, 9.17) is 0 Å². The van der Waals surface area contributed by atoms with Gasteiger partial charge in [0.2, 0.25) is 5.91 Å². The molecule has 1 amide bonds. The zero-order valence-electron chi connectivity index (χ0n) is 9.30. The molecule has 1 saturated heterocycles. The lowest BCUT2D eigenvalue weighted by Crippen LogP contribution is -2.18. The van der Waals surface area contributed by atoms with E-state index in [2.05, 4.69) is 26.6 Å². The van der Waals surface area contributed by atoms with Gasteiger partial charge in [-0.25, -0.2) is 4.39 Å². The van der Waals surface area contributed by atoms with Crippen molar-refractivity contribution in [2.45, 2.75) is 12.8 Å². The highest BCUT2D eigenvalue weighted by atomic mass is 79.9. The smallest absolute Gasteiger partial charge is 0.224 e. The van der Waals surface area contributed by atoms with E-state index in [1.165, 1.54) is 12.1 Å². The van der Waals surface area contributed by atoms with Crippen LogP contribution < -0.4 is 10.6 Å². The third-order valence-electron chi connectivity index (χ3n) is 2.84. The second-order valence-corrected chi connectivity index (χ2v) is 5.09. The van der Waals surface area contributed by atoms with Gasteiger partial charge in [-0.1, -0.05) is 0 Å². The second kappa shape index (κ2) is 5.60. The molecule has 1 heterocycles. The molecule has 0 spiro atoms. The van der Waals surface area contributed by atoms with Crippen molar-refractivity contribution in [1.82, 2.24) is 5.32 Å². The van der Waals surface area contributed by atoms with Crippen molar-refractivity contribution in [3.63, 3.8) is 0 Å². The summed E-state index contributed by atoms with van der Waals surface area (Å²) in [4.78, 5) is 11.8. The van der Waals surface area contributed by atoms with Crippen molar-refractivity contribution < 1.29 is 9.18 Å². The quantitative estimate of drug-likeness (QED) is 0.901. The number of carbonyl (C=O) groups excluding carboxylic acids is 1. The van der Waals surface area contributed by atoms with Crippen LogP contribution in [0.15, 0.2) is 22.7 Å². The van der Waals surface area contributed by atoms with Crippen molar-refractivity contribution in [3.8, 4) is 0 Å². The van der Waals surface area contributed by atoms with Crippen LogP contribution in [0.3, 0.4) is 0 Å². The fourth-order valence-corrected chi connectivity index (χ4v) is 2.39. The van der Waals surface area contributed by atoms with E-state index in [9.17, 15) is 9.18 Å². The van der Waals surface area contributed by atoms with Gasteiger partial charge in [0.25, 0.3) is 0 Å². The van der Waals surface area contributed by atoms with Crippen LogP contribution in [0.2, 0.25) is 0 Å². The highest BCUT2D eigenvalue weighted by molar-refractivity contribution is 9.10. The summed E-state index contributed by atoms with van der Waals surface area (Å²) in [5.41, 5.74) is 0.613. The van der Waals surface area contributed by atoms with E-state index < -0.39 is 0 Å². The van der Waals surface area contributed by atoms with Gasteiger partial charge >= 0.3 is 0 Å². The molecule has 1 fully saturated rings. The van der Waals surface area contributed by atoms with E-state index in [0.717, 1.165) is 19.5 Å². The van der Waals surface area contributed by atoms with Gasteiger partial charge in [0.1, 0.15) is 5.82 Å². The largest absolute Gasteiger partial charge is 0.325 e. The lowest BCUT2D eigenvalue weighted by Gasteiger charge is -2.10. The molecule has 1 atom stereocenters. The van der Waals surface area contributed by atoms with Gasteiger partial charge in [-0.05, 0) is 59.6 Å². The van der Waals surface area contributed by atoms with E-state index in [1.54, 1.807) is 6.07 Å². The summed E-state index contributed by atoms with van der Waals surface area (Å²) < 4.78 is 13.4. The number of benzene rings is 1. The maximum absolute atomic E-state index is 12.9. The maximum atomic E-state index is 12.9. The lowest BCUT2D eigenvalue weighted by atomic mass is 10.0. The number of amides is 1. The molecular formula is C12H14BrFN2O. The van der Waals surface area contributed by atoms with Gasteiger partial charge in [0.05, 0.1) is 5.69 Å². The fraction of sp³-hybridized carbons (Fsp3) is 0.417. The van der Waals surface area contributed by atoms with Crippen molar-refractivity contribution in [2.75, 3.05) is 18.4 Å². The van der Waals surface area contributed by atoms with Crippen LogP contribution in [0, 0.1) is 11.7 Å². The number of rotatable bonds is 3. The molecule has 1 aliphatic rings. The predicted octanol–water partition coefficient (Wildman–Crippen LogP) is 2.53. The van der Waals surface area contributed by atoms with Crippen LogP contribution in [0.5, 0.6) is 0 Å². The molecule has 2 rings (SSSR count). The Morgan fingerprint density at radius 1 is 1.59 bits per heavy atom.